The zero-order valence-electron chi connectivity index (χ0n) is 19.6. The molecule has 0 saturated heterocycles. The van der Waals surface area contributed by atoms with Crippen LogP contribution in [-0.2, 0) is 29.0 Å². The highest BCUT2D eigenvalue weighted by Gasteiger charge is 2.20. The molecule has 0 spiro atoms. The SMILES string of the molecule is CC(=O)On1cc(C(NCc2cn(C(C)(C)C)nn2)NCc2cn(C(C)(C)C)nn2)nn1. The van der Waals surface area contributed by atoms with Gasteiger partial charge in [0, 0.05) is 20.0 Å². The Morgan fingerprint density at radius 1 is 0.875 bits per heavy atom. The second-order valence-corrected chi connectivity index (χ2v) is 9.47. The van der Waals surface area contributed by atoms with Gasteiger partial charge in [0.2, 0.25) is 0 Å². The van der Waals surface area contributed by atoms with Gasteiger partial charge in [-0.2, -0.15) is 0 Å². The summed E-state index contributed by atoms with van der Waals surface area (Å²) in [6, 6.07) is 0. The van der Waals surface area contributed by atoms with E-state index in [-0.39, 0.29) is 11.1 Å². The molecule has 0 aliphatic heterocycles. The van der Waals surface area contributed by atoms with Gasteiger partial charge >= 0.3 is 5.97 Å². The van der Waals surface area contributed by atoms with E-state index in [9.17, 15) is 4.79 Å². The van der Waals surface area contributed by atoms with Crippen LogP contribution in [0.1, 0.15) is 71.7 Å². The summed E-state index contributed by atoms with van der Waals surface area (Å²) in [6.07, 6.45) is 4.91. The number of nitrogens with zero attached hydrogens (tertiary/aromatic N) is 9. The van der Waals surface area contributed by atoms with E-state index in [1.165, 1.54) is 13.1 Å². The predicted molar refractivity (Wildman–Crippen MR) is 114 cm³/mol. The average Bonchev–Trinajstić information content (AvgIpc) is 3.40. The molecule has 3 heterocycles. The molecular formula is C19H31N11O2. The lowest BCUT2D eigenvalue weighted by atomic mass is 10.1. The summed E-state index contributed by atoms with van der Waals surface area (Å²) in [5, 5.41) is 31.5. The smallest absolute Gasteiger partial charge is 0.318 e. The van der Waals surface area contributed by atoms with Crippen LogP contribution in [0, 0.1) is 0 Å². The molecule has 32 heavy (non-hydrogen) atoms. The Kier molecular flexibility index (Phi) is 6.69. The molecule has 3 aromatic rings. The Morgan fingerprint density at radius 2 is 1.38 bits per heavy atom. The molecule has 0 aromatic carbocycles. The molecule has 2 N–H and O–H groups in total. The molecule has 13 nitrogen and oxygen atoms in total. The van der Waals surface area contributed by atoms with Crippen LogP contribution in [0.25, 0.3) is 0 Å². The summed E-state index contributed by atoms with van der Waals surface area (Å²) >= 11 is 0. The van der Waals surface area contributed by atoms with E-state index in [2.05, 4.69) is 83.1 Å². The third-order valence-corrected chi connectivity index (χ3v) is 4.44. The first-order valence-electron chi connectivity index (χ1n) is 10.3. The molecule has 174 valence electrons. The molecule has 0 aliphatic rings. The van der Waals surface area contributed by atoms with Gasteiger partial charge in [-0.25, -0.2) is 14.2 Å². The van der Waals surface area contributed by atoms with Crippen molar-refractivity contribution in [2.24, 2.45) is 0 Å². The standard InChI is InChI=1S/C19H31N11O2/c1-13(31)32-30-12-16(24-27-30)17(20-8-14-10-28(25-22-14)18(2,3)4)21-9-15-11-29(26-23-15)19(5,6)7/h10-12,17,20-21H,8-9H2,1-7H3. The maximum atomic E-state index is 11.2. The summed E-state index contributed by atoms with van der Waals surface area (Å²) < 4.78 is 3.63. The third-order valence-electron chi connectivity index (χ3n) is 4.44. The molecule has 0 saturated carbocycles. The first-order chi connectivity index (χ1) is 14.9. The van der Waals surface area contributed by atoms with Crippen LogP contribution in [0.4, 0.5) is 0 Å². The number of hydrogen-bond acceptors (Lipinski definition) is 10. The summed E-state index contributed by atoms with van der Waals surface area (Å²) in [5.41, 5.74) is 1.77. The lowest BCUT2D eigenvalue weighted by molar-refractivity contribution is -0.143. The topological polar surface area (TPSA) is 142 Å². The minimum absolute atomic E-state index is 0.158. The van der Waals surface area contributed by atoms with Crippen LogP contribution in [0.15, 0.2) is 18.6 Å². The minimum atomic E-state index is -0.489. The highest BCUT2D eigenvalue weighted by molar-refractivity contribution is 5.66. The van der Waals surface area contributed by atoms with Crippen molar-refractivity contribution in [1.29, 1.82) is 0 Å². The van der Waals surface area contributed by atoms with Crippen molar-refractivity contribution >= 4 is 5.97 Å². The van der Waals surface area contributed by atoms with Crippen molar-refractivity contribution in [1.82, 2.24) is 55.8 Å². The van der Waals surface area contributed by atoms with Gasteiger partial charge in [-0.3, -0.25) is 10.6 Å². The molecule has 0 fully saturated rings. The fraction of sp³-hybridized carbons (Fsp3) is 0.632. The van der Waals surface area contributed by atoms with Crippen molar-refractivity contribution in [3.05, 3.63) is 35.7 Å². The van der Waals surface area contributed by atoms with E-state index in [1.54, 1.807) is 0 Å². The van der Waals surface area contributed by atoms with Gasteiger partial charge in [-0.1, -0.05) is 15.3 Å². The van der Waals surface area contributed by atoms with E-state index < -0.39 is 12.1 Å². The Bertz CT molecular complexity index is 982. The number of nitrogens with one attached hydrogen (secondary N) is 2. The summed E-state index contributed by atoms with van der Waals surface area (Å²) in [6.45, 7) is 14.5. The van der Waals surface area contributed by atoms with Crippen LogP contribution in [0.2, 0.25) is 0 Å². The van der Waals surface area contributed by atoms with Gasteiger partial charge in [0.15, 0.2) is 0 Å². The van der Waals surface area contributed by atoms with E-state index in [4.69, 9.17) is 4.84 Å². The molecule has 3 rings (SSSR count). The Balaban J connectivity index is 1.72. The minimum Gasteiger partial charge on any atom is -0.318 e. The van der Waals surface area contributed by atoms with E-state index in [1.807, 2.05) is 21.8 Å². The van der Waals surface area contributed by atoms with Crippen molar-refractivity contribution in [2.45, 2.75) is 78.8 Å². The van der Waals surface area contributed by atoms with Crippen LogP contribution in [-0.4, -0.2) is 51.1 Å². The fourth-order valence-corrected chi connectivity index (χ4v) is 2.68. The number of rotatable bonds is 8. The average molecular weight is 446 g/mol. The van der Waals surface area contributed by atoms with Crippen LogP contribution < -0.4 is 15.5 Å². The zero-order valence-corrected chi connectivity index (χ0v) is 19.6. The maximum Gasteiger partial charge on any atom is 0.331 e. The summed E-state index contributed by atoms with van der Waals surface area (Å²) in [5.74, 6) is -0.489. The van der Waals surface area contributed by atoms with E-state index in [0.29, 0.717) is 18.8 Å². The number of carbonyl (C=O) groups excluding carboxylic acids is 1. The number of hydrogen-bond donors (Lipinski definition) is 2. The normalized spacial score (nSPS) is 12.5. The molecular weight excluding hydrogens is 414 g/mol. The van der Waals surface area contributed by atoms with Crippen molar-refractivity contribution in [3.63, 3.8) is 0 Å². The quantitative estimate of drug-likeness (QED) is 0.372. The summed E-state index contributed by atoms with van der Waals surface area (Å²) in [4.78, 5) is 17.2. The maximum absolute atomic E-state index is 11.2. The largest absolute Gasteiger partial charge is 0.331 e. The van der Waals surface area contributed by atoms with Gasteiger partial charge in [0.25, 0.3) is 0 Å². The molecule has 3 aromatic heterocycles. The molecule has 0 unspecified atom stereocenters. The van der Waals surface area contributed by atoms with Crippen molar-refractivity contribution in [3.8, 4) is 0 Å². The van der Waals surface area contributed by atoms with Gasteiger partial charge in [0.05, 0.1) is 41.1 Å². The number of carbonyl (C=O) groups is 1. The summed E-state index contributed by atoms with van der Waals surface area (Å²) in [7, 11) is 0. The Hall–Kier alpha value is -3.19. The van der Waals surface area contributed by atoms with Crippen molar-refractivity contribution < 1.29 is 9.63 Å². The van der Waals surface area contributed by atoms with E-state index >= 15 is 0 Å². The molecule has 0 atom stereocenters. The van der Waals surface area contributed by atoms with E-state index in [0.717, 1.165) is 16.2 Å². The lowest BCUT2D eigenvalue weighted by Gasteiger charge is -2.18. The molecule has 0 radical (unpaired) electrons. The van der Waals surface area contributed by atoms with Crippen LogP contribution in [0.5, 0.6) is 0 Å². The van der Waals surface area contributed by atoms with Gasteiger partial charge < -0.3 is 4.84 Å². The van der Waals surface area contributed by atoms with Gasteiger partial charge in [-0.15, -0.1) is 15.3 Å². The molecule has 0 amide bonds. The first-order valence-corrected chi connectivity index (χ1v) is 10.3. The van der Waals surface area contributed by atoms with Crippen LogP contribution >= 0.6 is 0 Å². The highest BCUT2D eigenvalue weighted by atomic mass is 16.7. The molecule has 0 bridgehead atoms. The molecule has 0 aliphatic carbocycles. The predicted octanol–water partition coefficient (Wildman–Crippen LogP) is 0.524. The second-order valence-electron chi connectivity index (χ2n) is 9.47. The zero-order chi connectivity index (χ0) is 23.5. The third kappa shape index (κ3) is 6.17. The fourth-order valence-electron chi connectivity index (χ4n) is 2.68. The highest BCUT2D eigenvalue weighted by Crippen LogP contribution is 2.14. The van der Waals surface area contributed by atoms with Gasteiger partial charge in [0.1, 0.15) is 11.9 Å². The Labute approximate surface area is 186 Å². The Morgan fingerprint density at radius 3 is 1.78 bits per heavy atom. The monoisotopic (exact) mass is 445 g/mol. The second kappa shape index (κ2) is 9.12. The van der Waals surface area contributed by atoms with Gasteiger partial charge in [-0.05, 0) is 46.8 Å². The number of aromatic nitrogens is 9. The van der Waals surface area contributed by atoms with Crippen molar-refractivity contribution in [2.75, 3.05) is 0 Å². The first kappa shape index (κ1) is 23.5. The van der Waals surface area contributed by atoms with Crippen LogP contribution in [0.3, 0.4) is 0 Å². The lowest BCUT2D eigenvalue weighted by Crippen LogP contribution is -2.34. The molecule has 13 heteroatoms.